The molecule has 8 heteroatoms. The number of para-hydroxylation sites is 2. The molecule has 0 aliphatic carbocycles. The predicted octanol–water partition coefficient (Wildman–Crippen LogP) is 4.46. The molecule has 0 spiro atoms. The summed E-state index contributed by atoms with van der Waals surface area (Å²) in [7, 11) is 0. The zero-order valence-electron chi connectivity index (χ0n) is 15.3. The Morgan fingerprint density at radius 2 is 1.86 bits per heavy atom. The van der Waals surface area contributed by atoms with E-state index >= 15 is 0 Å². The molecule has 0 saturated carbocycles. The number of hydrogen-bond donors (Lipinski definition) is 2. The summed E-state index contributed by atoms with van der Waals surface area (Å²) in [5.74, 6) is -1.77. The highest BCUT2D eigenvalue weighted by molar-refractivity contribution is 6.03. The fourth-order valence-electron chi connectivity index (χ4n) is 2.48. The first kappa shape index (κ1) is 19.2. The molecule has 0 unspecified atom stereocenters. The molecule has 28 heavy (non-hydrogen) atoms. The van der Waals surface area contributed by atoms with Gasteiger partial charge in [-0.05, 0) is 44.2 Å². The van der Waals surface area contributed by atoms with Crippen LogP contribution in [-0.4, -0.2) is 22.5 Å². The van der Waals surface area contributed by atoms with Crippen molar-refractivity contribution in [1.82, 2.24) is 9.97 Å². The third-order valence-corrected chi connectivity index (χ3v) is 3.70. The SMILES string of the molecule is CCOc1ccccc1Nc1nc(C)cc(C(=O)Nc2ccc(F)c(F)c2)n1. The van der Waals surface area contributed by atoms with Gasteiger partial charge in [0.2, 0.25) is 5.95 Å². The van der Waals surface area contributed by atoms with Crippen molar-refractivity contribution in [1.29, 1.82) is 0 Å². The molecule has 2 aromatic carbocycles. The van der Waals surface area contributed by atoms with Crippen molar-refractivity contribution in [2.45, 2.75) is 13.8 Å². The number of rotatable bonds is 6. The molecule has 0 bridgehead atoms. The van der Waals surface area contributed by atoms with Crippen molar-refractivity contribution in [3.05, 3.63) is 71.6 Å². The minimum Gasteiger partial charge on any atom is -0.492 e. The monoisotopic (exact) mass is 384 g/mol. The van der Waals surface area contributed by atoms with Gasteiger partial charge in [0.25, 0.3) is 5.91 Å². The molecule has 0 saturated heterocycles. The second-order valence-electron chi connectivity index (χ2n) is 5.86. The van der Waals surface area contributed by atoms with Crippen LogP contribution in [0.2, 0.25) is 0 Å². The Kier molecular flexibility index (Phi) is 5.78. The third-order valence-electron chi connectivity index (χ3n) is 3.70. The zero-order valence-corrected chi connectivity index (χ0v) is 15.3. The minimum absolute atomic E-state index is 0.0774. The topological polar surface area (TPSA) is 76.1 Å². The highest BCUT2D eigenvalue weighted by Gasteiger charge is 2.13. The van der Waals surface area contributed by atoms with Crippen LogP contribution < -0.4 is 15.4 Å². The number of anilines is 3. The van der Waals surface area contributed by atoms with Crippen LogP contribution in [0.4, 0.5) is 26.1 Å². The summed E-state index contributed by atoms with van der Waals surface area (Å²) < 4.78 is 31.9. The van der Waals surface area contributed by atoms with Gasteiger partial charge >= 0.3 is 0 Å². The standard InChI is InChI=1S/C20H18F2N4O2/c1-3-28-18-7-5-4-6-16(18)25-20-23-12(2)10-17(26-20)19(27)24-13-8-9-14(21)15(22)11-13/h4-11H,3H2,1-2H3,(H,24,27)(H,23,25,26). The Bertz CT molecular complexity index is 1010. The van der Waals surface area contributed by atoms with Gasteiger partial charge in [0.05, 0.1) is 12.3 Å². The molecule has 1 amide bonds. The lowest BCUT2D eigenvalue weighted by Crippen LogP contribution is -2.16. The summed E-state index contributed by atoms with van der Waals surface area (Å²) in [5.41, 5.74) is 1.41. The number of halogens is 2. The van der Waals surface area contributed by atoms with E-state index in [-0.39, 0.29) is 17.3 Å². The number of nitrogens with one attached hydrogen (secondary N) is 2. The summed E-state index contributed by atoms with van der Waals surface area (Å²) in [6.07, 6.45) is 0. The van der Waals surface area contributed by atoms with Crippen LogP contribution in [0.1, 0.15) is 23.1 Å². The number of aromatic nitrogens is 2. The molecule has 0 aliphatic heterocycles. The zero-order chi connectivity index (χ0) is 20.1. The largest absolute Gasteiger partial charge is 0.492 e. The van der Waals surface area contributed by atoms with Crippen molar-refractivity contribution in [2.75, 3.05) is 17.2 Å². The number of amides is 1. The highest BCUT2D eigenvalue weighted by Crippen LogP contribution is 2.26. The average Bonchev–Trinajstić information content (AvgIpc) is 2.66. The smallest absolute Gasteiger partial charge is 0.274 e. The van der Waals surface area contributed by atoms with Gasteiger partial charge in [-0.3, -0.25) is 4.79 Å². The quantitative estimate of drug-likeness (QED) is 0.656. The number of aryl methyl sites for hydroxylation is 1. The maximum Gasteiger partial charge on any atom is 0.274 e. The molecule has 2 N–H and O–H groups in total. The van der Waals surface area contributed by atoms with Crippen molar-refractivity contribution < 1.29 is 18.3 Å². The van der Waals surface area contributed by atoms with E-state index in [1.54, 1.807) is 19.1 Å². The van der Waals surface area contributed by atoms with Crippen molar-refractivity contribution in [2.24, 2.45) is 0 Å². The molecule has 144 valence electrons. The lowest BCUT2D eigenvalue weighted by atomic mass is 10.2. The molecule has 0 atom stereocenters. The molecular formula is C20H18F2N4O2. The van der Waals surface area contributed by atoms with E-state index in [1.165, 1.54) is 12.1 Å². The third kappa shape index (κ3) is 4.59. The first-order chi connectivity index (χ1) is 13.5. The van der Waals surface area contributed by atoms with Gasteiger partial charge in [-0.15, -0.1) is 0 Å². The molecule has 6 nitrogen and oxygen atoms in total. The number of carbonyl (C=O) groups excluding carboxylic acids is 1. The first-order valence-electron chi connectivity index (χ1n) is 8.57. The van der Waals surface area contributed by atoms with Crippen LogP contribution in [0.5, 0.6) is 5.75 Å². The van der Waals surface area contributed by atoms with Crippen LogP contribution in [0.3, 0.4) is 0 Å². The van der Waals surface area contributed by atoms with Crippen LogP contribution in [-0.2, 0) is 0 Å². The highest BCUT2D eigenvalue weighted by atomic mass is 19.2. The van der Waals surface area contributed by atoms with E-state index in [2.05, 4.69) is 20.6 Å². The Hall–Kier alpha value is -3.55. The lowest BCUT2D eigenvalue weighted by Gasteiger charge is -2.12. The van der Waals surface area contributed by atoms with Gasteiger partial charge in [-0.1, -0.05) is 12.1 Å². The van der Waals surface area contributed by atoms with E-state index < -0.39 is 17.5 Å². The Labute approximate surface area is 160 Å². The second kappa shape index (κ2) is 8.43. The lowest BCUT2D eigenvalue weighted by molar-refractivity contribution is 0.102. The van der Waals surface area contributed by atoms with Crippen molar-refractivity contribution in [3.8, 4) is 5.75 Å². The van der Waals surface area contributed by atoms with Gasteiger partial charge in [-0.2, -0.15) is 0 Å². The molecule has 0 aliphatic rings. The average molecular weight is 384 g/mol. The van der Waals surface area contributed by atoms with Crippen LogP contribution in [0, 0.1) is 18.6 Å². The molecule has 3 rings (SSSR count). The molecule has 0 fully saturated rings. The maximum absolute atomic E-state index is 13.3. The summed E-state index contributed by atoms with van der Waals surface area (Å²) in [5, 5.41) is 5.52. The molecule has 1 aromatic heterocycles. The number of hydrogen-bond acceptors (Lipinski definition) is 5. The first-order valence-corrected chi connectivity index (χ1v) is 8.57. The second-order valence-corrected chi connectivity index (χ2v) is 5.86. The number of ether oxygens (including phenoxy) is 1. The summed E-state index contributed by atoms with van der Waals surface area (Å²) >= 11 is 0. The Morgan fingerprint density at radius 1 is 1.07 bits per heavy atom. The molecule has 0 radical (unpaired) electrons. The van der Waals surface area contributed by atoms with Crippen LogP contribution in [0.15, 0.2) is 48.5 Å². The van der Waals surface area contributed by atoms with Crippen molar-refractivity contribution >= 4 is 23.2 Å². The van der Waals surface area contributed by atoms with Gasteiger partial charge in [0.1, 0.15) is 11.4 Å². The molecule has 3 aromatic rings. The van der Waals surface area contributed by atoms with E-state index in [0.717, 1.165) is 12.1 Å². The van der Waals surface area contributed by atoms with E-state index in [4.69, 9.17) is 4.74 Å². The van der Waals surface area contributed by atoms with Crippen LogP contribution >= 0.6 is 0 Å². The minimum atomic E-state index is -1.05. The van der Waals surface area contributed by atoms with Crippen LogP contribution in [0.25, 0.3) is 0 Å². The molecule has 1 heterocycles. The maximum atomic E-state index is 13.3. The summed E-state index contributed by atoms with van der Waals surface area (Å²) in [4.78, 5) is 21.0. The summed E-state index contributed by atoms with van der Waals surface area (Å²) in [6.45, 7) is 4.09. The normalized spacial score (nSPS) is 10.4. The number of carbonyl (C=O) groups is 1. The van der Waals surface area contributed by atoms with Gasteiger partial charge in [0, 0.05) is 17.4 Å². The van der Waals surface area contributed by atoms with E-state index in [1.807, 2.05) is 19.1 Å². The van der Waals surface area contributed by atoms with Gasteiger partial charge in [-0.25, -0.2) is 18.7 Å². The van der Waals surface area contributed by atoms with Gasteiger partial charge in [0.15, 0.2) is 11.6 Å². The van der Waals surface area contributed by atoms with E-state index in [0.29, 0.717) is 23.7 Å². The fourth-order valence-corrected chi connectivity index (χ4v) is 2.48. The van der Waals surface area contributed by atoms with Crippen molar-refractivity contribution in [3.63, 3.8) is 0 Å². The predicted molar refractivity (Wildman–Crippen MR) is 102 cm³/mol. The fraction of sp³-hybridized carbons (Fsp3) is 0.150. The number of nitrogens with zero attached hydrogens (tertiary/aromatic N) is 2. The Morgan fingerprint density at radius 3 is 2.61 bits per heavy atom. The van der Waals surface area contributed by atoms with Gasteiger partial charge < -0.3 is 15.4 Å². The molecular weight excluding hydrogens is 366 g/mol. The van der Waals surface area contributed by atoms with E-state index in [9.17, 15) is 13.6 Å². The number of benzene rings is 2. The summed E-state index contributed by atoms with van der Waals surface area (Å²) in [6, 6.07) is 11.9. The Balaban J connectivity index is 1.83.